The number of ether oxygens (including phenoxy) is 1. The highest BCUT2D eigenvalue weighted by molar-refractivity contribution is 7.80. The first kappa shape index (κ1) is 29.5. The Morgan fingerprint density at radius 2 is 1.78 bits per heavy atom. The molecule has 1 aliphatic rings. The quantitative estimate of drug-likeness (QED) is 0.161. The van der Waals surface area contributed by atoms with Gasteiger partial charge >= 0.3 is 5.97 Å². The first-order valence-corrected chi connectivity index (χ1v) is 14.0. The van der Waals surface area contributed by atoms with E-state index in [-0.39, 0.29) is 36.7 Å². The average Bonchev–Trinajstić information content (AvgIpc) is 2.98. The molecule has 3 N–H and O–H groups in total. The van der Waals surface area contributed by atoms with Gasteiger partial charge in [-0.2, -0.15) is 12.6 Å². The van der Waals surface area contributed by atoms with Gasteiger partial charge in [-0.25, -0.2) is 9.78 Å². The van der Waals surface area contributed by atoms with Gasteiger partial charge in [0.05, 0.1) is 18.7 Å². The average molecular weight is 573 g/mol. The number of aromatic nitrogens is 1. The number of hydrogen-bond acceptors (Lipinski definition) is 7. The lowest BCUT2D eigenvalue weighted by molar-refractivity contribution is -0.151. The third kappa shape index (κ3) is 8.04. The van der Waals surface area contributed by atoms with Crippen LogP contribution in [-0.2, 0) is 32.1 Å². The minimum absolute atomic E-state index is 0.0384. The number of pyridine rings is 1. The second-order valence-electron chi connectivity index (χ2n) is 9.44. The molecule has 0 radical (unpaired) electrons. The summed E-state index contributed by atoms with van der Waals surface area (Å²) >= 11 is 4.21. The van der Waals surface area contributed by atoms with Crippen molar-refractivity contribution in [3.8, 4) is 0 Å². The molecule has 0 unspecified atom stereocenters. The van der Waals surface area contributed by atoms with E-state index in [0.717, 1.165) is 16.3 Å². The minimum Gasteiger partial charge on any atom is -0.456 e. The largest absolute Gasteiger partial charge is 0.456 e. The lowest BCUT2D eigenvalue weighted by Crippen LogP contribution is -2.47. The molecule has 1 aliphatic heterocycles. The number of fused-ring (bicyclic) bond motifs is 3. The van der Waals surface area contributed by atoms with Gasteiger partial charge in [0.1, 0.15) is 23.5 Å². The molecule has 1 aromatic heterocycles. The van der Waals surface area contributed by atoms with Crippen LogP contribution >= 0.6 is 12.6 Å². The molecule has 41 heavy (non-hydrogen) atoms. The van der Waals surface area contributed by atoms with Crippen molar-refractivity contribution in [2.45, 2.75) is 44.9 Å². The molecule has 9 nitrogen and oxygen atoms in total. The summed E-state index contributed by atoms with van der Waals surface area (Å²) in [7, 11) is 0. The highest BCUT2D eigenvalue weighted by Crippen LogP contribution is 2.21. The number of carbonyl (C=O) groups excluding carboxylic acids is 4. The van der Waals surface area contributed by atoms with Gasteiger partial charge < -0.3 is 20.7 Å². The van der Waals surface area contributed by atoms with E-state index in [1.54, 1.807) is 31.2 Å². The van der Waals surface area contributed by atoms with E-state index < -0.39 is 29.9 Å². The second-order valence-corrected chi connectivity index (χ2v) is 9.88. The molecule has 0 fully saturated rings. The zero-order valence-corrected chi connectivity index (χ0v) is 23.5. The maximum atomic E-state index is 13.6. The number of benzene rings is 2. The molecule has 2 atom stereocenters. The highest BCUT2D eigenvalue weighted by Gasteiger charge is 2.28. The van der Waals surface area contributed by atoms with Crippen molar-refractivity contribution in [2.75, 3.05) is 5.75 Å². The fourth-order valence-corrected chi connectivity index (χ4v) is 4.57. The van der Waals surface area contributed by atoms with Crippen LogP contribution in [0.3, 0.4) is 0 Å². The van der Waals surface area contributed by atoms with Crippen LogP contribution in [0.25, 0.3) is 10.8 Å². The van der Waals surface area contributed by atoms with Crippen molar-refractivity contribution in [1.82, 2.24) is 20.9 Å². The number of cyclic esters (lactones) is 1. The Kier molecular flexibility index (Phi) is 10.3. The Morgan fingerprint density at radius 3 is 2.59 bits per heavy atom. The fraction of sp³-hybridized carbons (Fsp3) is 0.258. The third-order valence-corrected chi connectivity index (χ3v) is 6.74. The predicted octanol–water partition coefficient (Wildman–Crippen LogP) is 3.40. The molecule has 0 aliphatic carbocycles. The van der Waals surface area contributed by atoms with Crippen LogP contribution < -0.4 is 16.0 Å². The zero-order chi connectivity index (χ0) is 29.2. The van der Waals surface area contributed by atoms with Gasteiger partial charge in [-0.05, 0) is 53.6 Å². The first-order valence-electron chi connectivity index (χ1n) is 13.3. The molecule has 0 saturated carbocycles. The molecule has 3 aromatic rings. The fourth-order valence-electron chi connectivity index (χ4n) is 4.42. The standard InChI is InChI=1S/C31H32N4O5S/c1-2-25-29(37)35-27(17-21-11-7-10-20-9-3-4-14-24(20)21)31(39)40-23(13-5-6-16-41)18-28(36)32-19-22-12-8-15-26(33-22)30(38)34-25/h2-5,7-15,23,27,41H,6,16-19H2,1H3,(H,32,36)(H,34,38)(H,35,37)/b13-5+,25-2-/t23-,27+/m1/s1. The molecule has 2 bridgehead atoms. The molecule has 4 rings (SSSR count). The molecular weight excluding hydrogens is 540 g/mol. The number of nitrogens with one attached hydrogen (secondary N) is 3. The molecule has 0 saturated heterocycles. The second kappa shape index (κ2) is 14.3. The molecule has 10 heteroatoms. The number of rotatable bonds is 5. The number of amides is 3. The summed E-state index contributed by atoms with van der Waals surface area (Å²) in [6, 6.07) is 17.2. The topological polar surface area (TPSA) is 126 Å². The summed E-state index contributed by atoms with van der Waals surface area (Å²) in [5.41, 5.74) is 1.32. The van der Waals surface area contributed by atoms with Gasteiger partial charge in [-0.1, -0.05) is 60.7 Å². The Morgan fingerprint density at radius 1 is 1.00 bits per heavy atom. The molecular formula is C31H32N4O5S. The lowest BCUT2D eigenvalue weighted by Gasteiger charge is -2.23. The van der Waals surface area contributed by atoms with E-state index in [1.165, 1.54) is 12.1 Å². The number of esters is 1. The Hall–Kier alpha value is -4.44. The van der Waals surface area contributed by atoms with Gasteiger partial charge in [0.25, 0.3) is 11.8 Å². The SMILES string of the molecule is C/C=C1\NC(=O)c2cccc(n2)CNC(=O)C[C@@H](/C=C/CCS)OC(=O)[C@H](Cc2cccc3ccccc23)NC1=O. The number of carbonyl (C=O) groups is 4. The van der Waals surface area contributed by atoms with Crippen molar-refractivity contribution >= 4 is 47.1 Å². The summed E-state index contributed by atoms with van der Waals surface area (Å²) in [4.78, 5) is 57.0. The summed E-state index contributed by atoms with van der Waals surface area (Å²) in [5.74, 6) is -1.75. The van der Waals surface area contributed by atoms with Gasteiger partial charge in [-0.15, -0.1) is 0 Å². The van der Waals surface area contributed by atoms with Crippen molar-refractivity contribution < 1.29 is 23.9 Å². The van der Waals surface area contributed by atoms with E-state index in [0.29, 0.717) is 17.9 Å². The Bertz CT molecular complexity index is 1500. The normalized spacial score (nSPS) is 20.0. The van der Waals surface area contributed by atoms with E-state index in [4.69, 9.17) is 4.74 Å². The molecule has 2 aromatic carbocycles. The van der Waals surface area contributed by atoms with Gasteiger partial charge in [-0.3, -0.25) is 14.4 Å². The van der Waals surface area contributed by atoms with Crippen LogP contribution in [0.5, 0.6) is 0 Å². The smallest absolute Gasteiger partial charge is 0.329 e. The summed E-state index contributed by atoms with van der Waals surface area (Å²) < 4.78 is 5.80. The first-order chi connectivity index (χ1) is 19.9. The number of nitrogens with zero attached hydrogens (tertiary/aromatic N) is 1. The summed E-state index contributed by atoms with van der Waals surface area (Å²) in [5, 5.41) is 9.99. The zero-order valence-electron chi connectivity index (χ0n) is 22.6. The van der Waals surface area contributed by atoms with Crippen molar-refractivity contribution in [2.24, 2.45) is 0 Å². The number of hydrogen-bond donors (Lipinski definition) is 4. The van der Waals surface area contributed by atoms with Crippen molar-refractivity contribution in [1.29, 1.82) is 0 Å². The van der Waals surface area contributed by atoms with Crippen LogP contribution in [0.2, 0.25) is 0 Å². The van der Waals surface area contributed by atoms with E-state index in [9.17, 15) is 19.2 Å². The Labute approximate surface area is 243 Å². The van der Waals surface area contributed by atoms with E-state index in [2.05, 4.69) is 33.6 Å². The third-order valence-electron chi connectivity index (χ3n) is 6.48. The maximum absolute atomic E-state index is 13.6. The summed E-state index contributed by atoms with van der Waals surface area (Å²) in [6.45, 7) is 1.68. The minimum atomic E-state index is -1.11. The van der Waals surface area contributed by atoms with Crippen molar-refractivity contribution in [3.05, 3.63) is 102 Å². The Balaban J connectivity index is 1.70. The van der Waals surface area contributed by atoms with Crippen molar-refractivity contribution in [3.63, 3.8) is 0 Å². The van der Waals surface area contributed by atoms with Crippen LogP contribution in [0, 0.1) is 0 Å². The lowest BCUT2D eigenvalue weighted by atomic mass is 9.98. The van der Waals surface area contributed by atoms with E-state index in [1.807, 2.05) is 42.5 Å². The molecule has 212 valence electrons. The van der Waals surface area contributed by atoms with Crippen LogP contribution in [0.4, 0.5) is 0 Å². The summed E-state index contributed by atoms with van der Waals surface area (Å²) in [6.07, 6.45) is 4.64. The van der Waals surface area contributed by atoms with Crippen LogP contribution in [0.15, 0.2) is 84.6 Å². The van der Waals surface area contributed by atoms with Gasteiger partial charge in [0, 0.05) is 6.42 Å². The van der Waals surface area contributed by atoms with E-state index >= 15 is 0 Å². The predicted molar refractivity (Wildman–Crippen MR) is 159 cm³/mol. The number of thiol groups is 1. The highest BCUT2D eigenvalue weighted by atomic mass is 32.1. The monoisotopic (exact) mass is 572 g/mol. The van der Waals surface area contributed by atoms with Crippen LogP contribution in [0.1, 0.15) is 41.5 Å². The maximum Gasteiger partial charge on any atom is 0.329 e. The van der Waals surface area contributed by atoms with Crippen LogP contribution in [-0.4, -0.2) is 46.6 Å². The number of allylic oxidation sites excluding steroid dienone is 2. The van der Waals surface area contributed by atoms with Gasteiger partial charge in [0.2, 0.25) is 5.91 Å². The van der Waals surface area contributed by atoms with Gasteiger partial charge in [0.15, 0.2) is 0 Å². The molecule has 2 heterocycles. The molecule has 0 spiro atoms. The molecule has 3 amide bonds.